The molecule has 2 amide bonds. The van der Waals surface area contributed by atoms with Crippen LogP contribution < -0.4 is 5.32 Å². The molecule has 0 bridgehead atoms. The van der Waals surface area contributed by atoms with Gasteiger partial charge >= 0.3 is 6.03 Å². The molecule has 15 heavy (non-hydrogen) atoms. The molecule has 2 saturated heterocycles. The molecule has 2 rings (SSSR count). The van der Waals surface area contributed by atoms with Crippen LogP contribution in [-0.2, 0) is 4.74 Å². The monoisotopic (exact) mass is 213 g/mol. The highest BCUT2D eigenvalue weighted by molar-refractivity contribution is 5.74. The fraction of sp³-hybridized carbons (Fsp3) is 0.900. The van der Waals surface area contributed by atoms with Gasteiger partial charge in [-0.15, -0.1) is 0 Å². The van der Waals surface area contributed by atoms with Crippen molar-refractivity contribution in [2.45, 2.75) is 13.0 Å². The van der Waals surface area contributed by atoms with Gasteiger partial charge in [0.05, 0.1) is 13.2 Å². The molecule has 2 aliphatic heterocycles. The smallest absolute Gasteiger partial charge is 0.320 e. The Morgan fingerprint density at radius 1 is 1.27 bits per heavy atom. The summed E-state index contributed by atoms with van der Waals surface area (Å²) in [7, 11) is 0. The Hall–Kier alpha value is -0.810. The van der Waals surface area contributed by atoms with E-state index in [0.29, 0.717) is 19.3 Å². The Labute approximate surface area is 90.4 Å². The highest BCUT2D eigenvalue weighted by atomic mass is 16.5. The van der Waals surface area contributed by atoms with Crippen LogP contribution in [0.5, 0.6) is 0 Å². The van der Waals surface area contributed by atoms with Crippen molar-refractivity contribution in [2.24, 2.45) is 0 Å². The molecular formula is C10H19N3O2. The Balaban J connectivity index is 1.88. The van der Waals surface area contributed by atoms with Gasteiger partial charge in [0.25, 0.3) is 0 Å². The van der Waals surface area contributed by atoms with Gasteiger partial charge in [-0.05, 0) is 6.92 Å². The molecule has 5 heteroatoms. The Bertz CT molecular complexity index is 229. The molecule has 2 fully saturated rings. The van der Waals surface area contributed by atoms with E-state index < -0.39 is 0 Å². The number of rotatable bonds is 0. The van der Waals surface area contributed by atoms with Crippen molar-refractivity contribution in [1.29, 1.82) is 0 Å². The summed E-state index contributed by atoms with van der Waals surface area (Å²) in [6.45, 7) is 7.46. The van der Waals surface area contributed by atoms with Gasteiger partial charge in [-0.1, -0.05) is 0 Å². The summed E-state index contributed by atoms with van der Waals surface area (Å²) in [4.78, 5) is 15.9. The standard InChI is InChI=1S/C10H19N3O2/c1-9-8-13(3-2-11-9)10(14)12-4-6-15-7-5-12/h9,11H,2-8H2,1H3/t9-/m0/s1. The lowest BCUT2D eigenvalue weighted by molar-refractivity contribution is 0.0410. The maximum Gasteiger partial charge on any atom is 0.320 e. The topological polar surface area (TPSA) is 44.8 Å². The van der Waals surface area contributed by atoms with Crippen LogP contribution in [0.4, 0.5) is 4.79 Å². The van der Waals surface area contributed by atoms with Crippen molar-refractivity contribution >= 4 is 6.03 Å². The Morgan fingerprint density at radius 2 is 2.00 bits per heavy atom. The molecular weight excluding hydrogens is 194 g/mol. The van der Waals surface area contributed by atoms with E-state index in [1.165, 1.54) is 0 Å². The lowest BCUT2D eigenvalue weighted by Gasteiger charge is -2.37. The predicted molar refractivity (Wildman–Crippen MR) is 56.8 cm³/mol. The first-order valence-electron chi connectivity index (χ1n) is 5.62. The quantitative estimate of drug-likeness (QED) is 0.602. The first-order valence-corrected chi connectivity index (χ1v) is 5.62. The molecule has 5 nitrogen and oxygen atoms in total. The first kappa shape index (κ1) is 10.7. The fourth-order valence-corrected chi connectivity index (χ4v) is 2.06. The minimum atomic E-state index is 0.173. The molecule has 0 aromatic carbocycles. The van der Waals surface area contributed by atoms with E-state index in [0.717, 1.165) is 32.7 Å². The number of morpholine rings is 1. The first-order chi connectivity index (χ1) is 7.27. The lowest BCUT2D eigenvalue weighted by atomic mass is 10.2. The minimum Gasteiger partial charge on any atom is -0.378 e. The molecule has 2 heterocycles. The average molecular weight is 213 g/mol. The minimum absolute atomic E-state index is 0.173. The number of piperazine rings is 1. The summed E-state index contributed by atoms with van der Waals surface area (Å²) in [5.41, 5.74) is 0. The maximum atomic E-state index is 12.1. The molecule has 0 aromatic rings. The lowest BCUT2D eigenvalue weighted by Crippen LogP contribution is -2.56. The third-order valence-electron chi connectivity index (χ3n) is 2.92. The number of nitrogens with zero attached hydrogens (tertiary/aromatic N) is 2. The van der Waals surface area contributed by atoms with E-state index in [2.05, 4.69) is 12.2 Å². The van der Waals surface area contributed by atoms with Crippen molar-refractivity contribution < 1.29 is 9.53 Å². The Morgan fingerprint density at radius 3 is 2.67 bits per heavy atom. The number of ether oxygens (including phenoxy) is 1. The highest BCUT2D eigenvalue weighted by Crippen LogP contribution is 2.06. The fourth-order valence-electron chi connectivity index (χ4n) is 2.06. The molecule has 0 spiro atoms. The second-order valence-electron chi connectivity index (χ2n) is 4.18. The molecule has 0 aliphatic carbocycles. The number of nitrogens with one attached hydrogen (secondary N) is 1. The van der Waals surface area contributed by atoms with Gasteiger partial charge in [-0.2, -0.15) is 0 Å². The van der Waals surface area contributed by atoms with Crippen LogP contribution in [0.15, 0.2) is 0 Å². The van der Waals surface area contributed by atoms with E-state index in [4.69, 9.17) is 4.74 Å². The van der Waals surface area contributed by atoms with Crippen LogP contribution in [0, 0.1) is 0 Å². The summed E-state index contributed by atoms with van der Waals surface area (Å²) in [6.07, 6.45) is 0. The largest absolute Gasteiger partial charge is 0.378 e. The number of amides is 2. The molecule has 2 aliphatic rings. The number of hydrogen-bond acceptors (Lipinski definition) is 3. The van der Waals surface area contributed by atoms with Crippen molar-refractivity contribution in [3.8, 4) is 0 Å². The van der Waals surface area contributed by atoms with E-state index in [-0.39, 0.29) is 6.03 Å². The van der Waals surface area contributed by atoms with E-state index in [1.807, 2.05) is 9.80 Å². The summed E-state index contributed by atoms with van der Waals surface area (Å²) in [5.74, 6) is 0. The van der Waals surface area contributed by atoms with Gasteiger partial charge in [-0.25, -0.2) is 4.79 Å². The maximum absolute atomic E-state index is 12.1. The second kappa shape index (κ2) is 4.81. The van der Waals surface area contributed by atoms with Gasteiger partial charge < -0.3 is 19.9 Å². The highest BCUT2D eigenvalue weighted by Gasteiger charge is 2.25. The summed E-state index contributed by atoms with van der Waals surface area (Å²) in [6, 6.07) is 0.579. The van der Waals surface area contributed by atoms with E-state index in [9.17, 15) is 4.79 Å². The van der Waals surface area contributed by atoms with Crippen molar-refractivity contribution in [3.63, 3.8) is 0 Å². The zero-order chi connectivity index (χ0) is 10.7. The number of carbonyl (C=O) groups excluding carboxylic acids is 1. The van der Waals surface area contributed by atoms with Crippen LogP contribution in [-0.4, -0.2) is 67.8 Å². The van der Waals surface area contributed by atoms with Crippen molar-refractivity contribution in [2.75, 3.05) is 45.9 Å². The van der Waals surface area contributed by atoms with Crippen LogP contribution >= 0.6 is 0 Å². The summed E-state index contributed by atoms with van der Waals surface area (Å²) < 4.78 is 5.23. The van der Waals surface area contributed by atoms with Crippen molar-refractivity contribution in [3.05, 3.63) is 0 Å². The van der Waals surface area contributed by atoms with Crippen molar-refractivity contribution in [1.82, 2.24) is 15.1 Å². The van der Waals surface area contributed by atoms with Gasteiger partial charge in [0.15, 0.2) is 0 Å². The number of urea groups is 1. The van der Waals surface area contributed by atoms with E-state index >= 15 is 0 Å². The summed E-state index contributed by atoms with van der Waals surface area (Å²) >= 11 is 0. The molecule has 0 saturated carbocycles. The van der Waals surface area contributed by atoms with Crippen LogP contribution in [0.25, 0.3) is 0 Å². The molecule has 0 unspecified atom stereocenters. The second-order valence-corrected chi connectivity index (χ2v) is 4.18. The molecule has 1 atom stereocenters. The van der Waals surface area contributed by atoms with Crippen LogP contribution in [0.2, 0.25) is 0 Å². The number of hydrogen-bond donors (Lipinski definition) is 1. The number of carbonyl (C=O) groups is 1. The SMILES string of the molecule is C[C@H]1CN(C(=O)N2CCOCC2)CCN1. The van der Waals surface area contributed by atoms with Crippen LogP contribution in [0.3, 0.4) is 0 Å². The van der Waals surface area contributed by atoms with Gasteiger partial charge in [0.1, 0.15) is 0 Å². The zero-order valence-electron chi connectivity index (χ0n) is 9.24. The third-order valence-corrected chi connectivity index (χ3v) is 2.92. The third kappa shape index (κ3) is 2.60. The normalized spacial score (nSPS) is 27.9. The van der Waals surface area contributed by atoms with Crippen LogP contribution in [0.1, 0.15) is 6.92 Å². The van der Waals surface area contributed by atoms with Gasteiger partial charge in [0.2, 0.25) is 0 Å². The van der Waals surface area contributed by atoms with Gasteiger partial charge in [-0.3, -0.25) is 0 Å². The summed E-state index contributed by atoms with van der Waals surface area (Å²) in [5, 5.41) is 3.33. The van der Waals surface area contributed by atoms with E-state index in [1.54, 1.807) is 0 Å². The molecule has 0 aromatic heterocycles. The predicted octanol–water partition coefficient (Wildman–Crippen LogP) is -0.268. The average Bonchev–Trinajstić information content (AvgIpc) is 2.29. The molecule has 1 N–H and O–H groups in total. The zero-order valence-corrected chi connectivity index (χ0v) is 9.24. The van der Waals surface area contributed by atoms with Gasteiger partial charge in [0, 0.05) is 38.8 Å². The molecule has 86 valence electrons. The Kier molecular flexibility index (Phi) is 3.43. The molecule has 0 radical (unpaired) electrons.